The quantitative estimate of drug-likeness (QED) is 0.171. The first kappa shape index (κ1) is 25.6. The highest BCUT2D eigenvalue weighted by Gasteiger charge is 2.15. The summed E-state index contributed by atoms with van der Waals surface area (Å²) in [6.45, 7) is -0.592. The Hall–Kier alpha value is -5.06. The molecular formula is C29H25N5O5. The predicted molar refractivity (Wildman–Crippen MR) is 149 cm³/mol. The van der Waals surface area contributed by atoms with Gasteiger partial charge in [-0.1, -0.05) is 24.3 Å². The van der Waals surface area contributed by atoms with Gasteiger partial charge in [-0.2, -0.15) is 0 Å². The van der Waals surface area contributed by atoms with Gasteiger partial charge in [0, 0.05) is 51.4 Å². The van der Waals surface area contributed by atoms with Crippen molar-refractivity contribution in [3.63, 3.8) is 0 Å². The van der Waals surface area contributed by atoms with Gasteiger partial charge in [-0.25, -0.2) is 4.98 Å². The standard InChI is InChI=1S/C29H25N5O5/c35-16-21(36)15-31-27(37)18-6-11-22-23(14-18)29(39)34-26-25(22)24(12-13-30-26)32-19-7-9-20(10-8-19)33-28(38)17-4-2-1-3-5-17/h1-14,21,35-36H,15-16H2,(H,31,37)(H,33,38)(H2,30,32,34,39). The van der Waals surface area contributed by atoms with Gasteiger partial charge in [0.05, 0.1) is 18.4 Å². The van der Waals surface area contributed by atoms with E-state index in [1.807, 2.05) is 18.2 Å². The van der Waals surface area contributed by atoms with E-state index >= 15 is 0 Å². The monoisotopic (exact) mass is 523 g/mol. The van der Waals surface area contributed by atoms with Gasteiger partial charge in [0.2, 0.25) is 0 Å². The molecule has 39 heavy (non-hydrogen) atoms. The molecule has 0 fully saturated rings. The van der Waals surface area contributed by atoms with Crippen LogP contribution in [0.15, 0.2) is 89.9 Å². The van der Waals surface area contributed by atoms with E-state index in [0.717, 1.165) is 5.69 Å². The molecule has 0 saturated carbocycles. The maximum Gasteiger partial charge on any atom is 0.257 e. The summed E-state index contributed by atoms with van der Waals surface area (Å²) in [6, 6.07) is 22.7. The predicted octanol–water partition coefficient (Wildman–Crippen LogP) is 3.16. The van der Waals surface area contributed by atoms with Crippen LogP contribution >= 0.6 is 0 Å². The minimum atomic E-state index is -1.07. The first-order valence-electron chi connectivity index (χ1n) is 12.2. The van der Waals surface area contributed by atoms with Crippen LogP contribution in [0.5, 0.6) is 0 Å². The average Bonchev–Trinajstić information content (AvgIpc) is 2.97. The molecule has 0 spiro atoms. The van der Waals surface area contributed by atoms with Crippen LogP contribution in [0.2, 0.25) is 0 Å². The van der Waals surface area contributed by atoms with Gasteiger partial charge in [0.25, 0.3) is 17.4 Å². The highest BCUT2D eigenvalue weighted by molar-refractivity contribution is 6.12. The highest BCUT2D eigenvalue weighted by atomic mass is 16.3. The molecule has 1 unspecified atom stereocenters. The maximum absolute atomic E-state index is 12.8. The van der Waals surface area contributed by atoms with Crippen molar-refractivity contribution < 1.29 is 19.8 Å². The molecule has 10 heteroatoms. The van der Waals surface area contributed by atoms with E-state index in [4.69, 9.17) is 5.11 Å². The number of nitrogens with one attached hydrogen (secondary N) is 4. The van der Waals surface area contributed by atoms with Crippen molar-refractivity contribution in [1.82, 2.24) is 15.3 Å². The second-order valence-corrected chi connectivity index (χ2v) is 8.87. The number of carbonyl (C=O) groups is 2. The fraction of sp³-hybridized carbons (Fsp3) is 0.103. The molecule has 10 nitrogen and oxygen atoms in total. The van der Waals surface area contributed by atoms with Crippen LogP contribution in [0.4, 0.5) is 17.1 Å². The van der Waals surface area contributed by atoms with Crippen molar-refractivity contribution >= 4 is 50.7 Å². The smallest absolute Gasteiger partial charge is 0.257 e. The zero-order chi connectivity index (χ0) is 27.4. The maximum atomic E-state index is 12.8. The summed E-state index contributed by atoms with van der Waals surface area (Å²) in [4.78, 5) is 44.8. The molecule has 0 aliphatic carbocycles. The number of anilines is 3. The lowest BCUT2D eigenvalue weighted by Gasteiger charge is -2.13. The van der Waals surface area contributed by atoms with Crippen LogP contribution in [0.25, 0.3) is 21.8 Å². The van der Waals surface area contributed by atoms with Gasteiger partial charge in [-0.05, 0) is 54.6 Å². The summed E-state index contributed by atoms with van der Waals surface area (Å²) >= 11 is 0. The average molecular weight is 524 g/mol. The number of carbonyl (C=O) groups excluding carboxylic acids is 2. The summed E-state index contributed by atoms with van der Waals surface area (Å²) in [5.41, 5.74) is 2.86. The number of aliphatic hydroxyl groups excluding tert-OH is 2. The summed E-state index contributed by atoms with van der Waals surface area (Å²) < 4.78 is 0. The SMILES string of the molecule is O=C(NCC(O)CO)c1ccc2c(c1)c(=O)[nH]c1nccc(Nc3ccc(NC(=O)c4ccccc4)cc3)c12. The Morgan fingerprint density at radius 1 is 0.872 bits per heavy atom. The van der Waals surface area contributed by atoms with Crippen LogP contribution in [-0.2, 0) is 0 Å². The second kappa shape index (κ2) is 11.1. The zero-order valence-corrected chi connectivity index (χ0v) is 20.6. The van der Waals surface area contributed by atoms with E-state index in [1.54, 1.807) is 60.8 Å². The molecule has 2 heterocycles. The number of pyridine rings is 2. The van der Waals surface area contributed by atoms with Crippen molar-refractivity contribution in [2.75, 3.05) is 23.8 Å². The number of aromatic amines is 1. The number of nitrogens with zero attached hydrogens (tertiary/aromatic N) is 1. The zero-order valence-electron chi connectivity index (χ0n) is 20.6. The lowest BCUT2D eigenvalue weighted by Crippen LogP contribution is -2.33. The Balaban J connectivity index is 1.42. The van der Waals surface area contributed by atoms with Gasteiger partial charge >= 0.3 is 0 Å². The Bertz CT molecular complexity index is 1720. The normalized spacial score (nSPS) is 11.7. The third-order valence-electron chi connectivity index (χ3n) is 6.15. The van der Waals surface area contributed by atoms with E-state index in [2.05, 4.69) is 25.9 Å². The largest absolute Gasteiger partial charge is 0.394 e. The van der Waals surface area contributed by atoms with Gasteiger partial charge in [-0.3, -0.25) is 14.4 Å². The second-order valence-electron chi connectivity index (χ2n) is 8.87. The molecule has 6 N–H and O–H groups in total. The fourth-order valence-electron chi connectivity index (χ4n) is 4.16. The van der Waals surface area contributed by atoms with Gasteiger partial charge in [0.1, 0.15) is 5.65 Å². The van der Waals surface area contributed by atoms with Crippen molar-refractivity contribution in [2.24, 2.45) is 0 Å². The molecular weight excluding hydrogens is 498 g/mol. The summed E-state index contributed by atoms with van der Waals surface area (Å²) in [5.74, 6) is -0.683. The fourth-order valence-corrected chi connectivity index (χ4v) is 4.16. The third kappa shape index (κ3) is 5.61. The van der Waals surface area contributed by atoms with Crippen LogP contribution in [0.1, 0.15) is 20.7 Å². The lowest BCUT2D eigenvalue weighted by molar-refractivity contribution is 0.0802. The Kier molecular flexibility index (Phi) is 7.30. The minimum Gasteiger partial charge on any atom is -0.394 e. The van der Waals surface area contributed by atoms with Gasteiger partial charge < -0.3 is 31.1 Å². The topological polar surface area (TPSA) is 156 Å². The molecule has 0 saturated heterocycles. The molecule has 196 valence electrons. The van der Waals surface area contributed by atoms with Gasteiger partial charge in [-0.15, -0.1) is 0 Å². The Morgan fingerprint density at radius 2 is 1.62 bits per heavy atom. The van der Waals surface area contributed by atoms with E-state index in [1.165, 1.54) is 6.07 Å². The first-order chi connectivity index (χ1) is 18.9. The number of aromatic nitrogens is 2. The minimum absolute atomic E-state index is 0.117. The molecule has 5 aromatic rings. The van der Waals surface area contributed by atoms with Crippen LogP contribution < -0.4 is 21.5 Å². The van der Waals surface area contributed by atoms with Crippen molar-refractivity contribution in [3.05, 3.63) is 107 Å². The molecule has 0 radical (unpaired) electrons. The van der Waals surface area contributed by atoms with Crippen molar-refractivity contribution in [1.29, 1.82) is 0 Å². The highest BCUT2D eigenvalue weighted by Crippen LogP contribution is 2.30. The number of amides is 2. The summed E-state index contributed by atoms with van der Waals surface area (Å²) in [6.07, 6.45) is 0.505. The van der Waals surface area contributed by atoms with Crippen molar-refractivity contribution in [2.45, 2.75) is 6.10 Å². The molecule has 5 rings (SSSR count). The molecule has 0 aliphatic heterocycles. The number of H-pyrrole nitrogens is 1. The van der Waals surface area contributed by atoms with E-state index < -0.39 is 24.2 Å². The van der Waals surface area contributed by atoms with E-state index in [9.17, 15) is 19.5 Å². The number of benzene rings is 3. The molecule has 2 aromatic heterocycles. The third-order valence-corrected chi connectivity index (χ3v) is 6.15. The number of hydrogen-bond donors (Lipinski definition) is 6. The number of hydrogen-bond acceptors (Lipinski definition) is 7. The summed E-state index contributed by atoms with van der Waals surface area (Å²) in [7, 11) is 0. The molecule has 1 atom stereocenters. The molecule has 3 aromatic carbocycles. The molecule has 0 aliphatic rings. The number of aliphatic hydroxyl groups is 2. The van der Waals surface area contributed by atoms with Crippen LogP contribution in [0.3, 0.4) is 0 Å². The summed E-state index contributed by atoms with van der Waals surface area (Å²) in [5, 5.41) is 28.7. The van der Waals surface area contributed by atoms with E-state index in [-0.39, 0.29) is 18.0 Å². The van der Waals surface area contributed by atoms with Crippen LogP contribution in [-0.4, -0.2) is 51.3 Å². The molecule has 0 bridgehead atoms. The Morgan fingerprint density at radius 3 is 2.36 bits per heavy atom. The number of rotatable bonds is 8. The van der Waals surface area contributed by atoms with Crippen molar-refractivity contribution in [3.8, 4) is 0 Å². The van der Waals surface area contributed by atoms with Gasteiger partial charge in [0.15, 0.2) is 0 Å². The first-order valence-corrected chi connectivity index (χ1v) is 12.2. The van der Waals surface area contributed by atoms with E-state index in [0.29, 0.717) is 38.7 Å². The molecule has 2 amide bonds. The Labute approximate surface area is 222 Å². The number of fused-ring (bicyclic) bond motifs is 3. The lowest BCUT2D eigenvalue weighted by atomic mass is 10.0. The van der Waals surface area contributed by atoms with Crippen LogP contribution in [0, 0.1) is 0 Å².